The highest BCUT2D eigenvalue weighted by Gasteiger charge is 2.21. The molecule has 6 nitrogen and oxygen atoms in total. The number of aryl methyl sites for hydroxylation is 2. The molecule has 0 radical (unpaired) electrons. The number of para-hydroxylation sites is 1. The first-order valence-electron chi connectivity index (χ1n) is 10.4. The predicted octanol–water partition coefficient (Wildman–Crippen LogP) is 4.32. The lowest BCUT2D eigenvalue weighted by atomic mass is 9.95. The number of ether oxygens (including phenoxy) is 1. The number of anilines is 1. The molecule has 0 aromatic heterocycles. The minimum Gasteiger partial charge on any atom is -0.481 e. The lowest BCUT2D eigenvalue weighted by molar-refractivity contribution is -0.128. The molecule has 3 rings (SSSR count). The van der Waals surface area contributed by atoms with Crippen LogP contribution in [0.1, 0.15) is 50.2 Å². The summed E-state index contributed by atoms with van der Waals surface area (Å²) in [5.74, 6) is 0.308. The first-order chi connectivity index (χ1) is 14.3. The van der Waals surface area contributed by atoms with Gasteiger partial charge in [-0.2, -0.15) is 0 Å². The van der Waals surface area contributed by atoms with Crippen molar-refractivity contribution in [2.24, 2.45) is 0 Å². The van der Waals surface area contributed by atoms with Crippen molar-refractivity contribution in [2.45, 2.75) is 69.9 Å². The summed E-state index contributed by atoms with van der Waals surface area (Å²) in [4.78, 5) is 12.5. The SMILES string of the molecule is Cc1cccc(C)c1NS(=O)(=O)c1ccc(O[C@@H](C)C(=O)NC2CCCCC2)cc1. The van der Waals surface area contributed by atoms with Gasteiger partial charge >= 0.3 is 0 Å². The van der Waals surface area contributed by atoms with Gasteiger partial charge in [-0.1, -0.05) is 37.5 Å². The molecule has 1 aliphatic carbocycles. The van der Waals surface area contributed by atoms with Crippen LogP contribution in [-0.4, -0.2) is 26.5 Å². The number of rotatable bonds is 7. The summed E-state index contributed by atoms with van der Waals surface area (Å²) in [5.41, 5.74) is 2.30. The van der Waals surface area contributed by atoms with Crippen LogP contribution in [0, 0.1) is 13.8 Å². The van der Waals surface area contributed by atoms with Gasteiger partial charge in [0.05, 0.1) is 10.6 Å². The Morgan fingerprint density at radius 2 is 1.60 bits per heavy atom. The van der Waals surface area contributed by atoms with Crippen LogP contribution in [0.5, 0.6) is 5.75 Å². The van der Waals surface area contributed by atoms with E-state index in [1.54, 1.807) is 19.1 Å². The third-order valence-corrected chi connectivity index (χ3v) is 6.85. The molecule has 0 unspecified atom stereocenters. The summed E-state index contributed by atoms with van der Waals surface area (Å²) in [6, 6.07) is 11.9. The summed E-state index contributed by atoms with van der Waals surface area (Å²) in [5, 5.41) is 3.04. The molecule has 0 heterocycles. The zero-order chi connectivity index (χ0) is 21.7. The van der Waals surface area contributed by atoms with E-state index in [9.17, 15) is 13.2 Å². The fourth-order valence-electron chi connectivity index (χ4n) is 3.69. The van der Waals surface area contributed by atoms with Gasteiger partial charge in [0.25, 0.3) is 15.9 Å². The molecule has 30 heavy (non-hydrogen) atoms. The van der Waals surface area contributed by atoms with Crippen LogP contribution in [0.15, 0.2) is 47.4 Å². The third-order valence-electron chi connectivity index (χ3n) is 5.49. The lowest BCUT2D eigenvalue weighted by Gasteiger charge is -2.24. The maximum atomic E-state index is 12.8. The number of amides is 1. The molecule has 1 amide bonds. The van der Waals surface area contributed by atoms with E-state index >= 15 is 0 Å². The first-order valence-corrected chi connectivity index (χ1v) is 11.9. The van der Waals surface area contributed by atoms with Crippen molar-refractivity contribution < 1.29 is 17.9 Å². The molecule has 1 atom stereocenters. The van der Waals surface area contributed by atoms with Crippen molar-refractivity contribution in [3.05, 3.63) is 53.6 Å². The van der Waals surface area contributed by atoms with Crippen molar-refractivity contribution in [3.8, 4) is 5.75 Å². The van der Waals surface area contributed by atoms with E-state index in [0.717, 1.165) is 36.8 Å². The van der Waals surface area contributed by atoms with Crippen LogP contribution < -0.4 is 14.8 Å². The molecular formula is C23H30N2O4S. The fourth-order valence-corrected chi connectivity index (χ4v) is 4.89. The van der Waals surface area contributed by atoms with Crippen LogP contribution in [0.3, 0.4) is 0 Å². The standard InChI is InChI=1S/C23H30N2O4S/c1-16-8-7-9-17(2)22(16)25-30(27,28)21-14-12-20(13-15-21)29-18(3)23(26)24-19-10-5-4-6-11-19/h7-9,12-15,18-19,25H,4-6,10-11H2,1-3H3,(H,24,26)/t18-/m0/s1. The molecule has 7 heteroatoms. The van der Waals surface area contributed by atoms with Crippen LogP contribution in [-0.2, 0) is 14.8 Å². The van der Waals surface area contributed by atoms with E-state index < -0.39 is 16.1 Å². The van der Waals surface area contributed by atoms with Crippen LogP contribution in [0.25, 0.3) is 0 Å². The van der Waals surface area contributed by atoms with Crippen molar-refractivity contribution in [1.82, 2.24) is 5.32 Å². The number of hydrogen-bond acceptors (Lipinski definition) is 4. The van der Waals surface area contributed by atoms with Crippen molar-refractivity contribution in [1.29, 1.82) is 0 Å². The number of carbonyl (C=O) groups is 1. The number of sulfonamides is 1. The summed E-state index contributed by atoms with van der Waals surface area (Å²) < 4.78 is 33.9. The Kier molecular flexibility index (Phi) is 7.02. The van der Waals surface area contributed by atoms with Gasteiger partial charge < -0.3 is 10.1 Å². The van der Waals surface area contributed by atoms with Crippen LogP contribution in [0.2, 0.25) is 0 Å². The summed E-state index contributed by atoms with van der Waals surface area (Å²) in [7, 11) is -3.72. The van der Waals surface area contributed by atoms with E-state index in [2.05, 4.69) is 10.0 Å². The van der Waals surface area contributed by atoms with Gasteiger partial charge in [-0.05, 0) is 69.0 Å². The summed E-state index contributed by atoms with van der Waals surface area (Å²) in [6.45, 7) is 5.43. The monoisotopic (exact) mass is 430 g/mol. The molecule has 162 valence electrons. The van der Waals surface area contributed by atoms with E-state index in [1.807, 2.05) is 32.0 Å². The Hall–Kier alpha value is -2.54. The Labute approximate surface area is 179 Å². The highest BCUT2D eigenvalue weighted by atomic mass is 32.2. The Morgan fingerprint density at radius 1 is 1.00 bits per heavy atom. The smallest absolute Gasteiger partial charge is 0.261 e. The Morgan fingerprint density at radius 3 is 2.20 bits per heavy atom. The maximum Gasteiger partial charge on any atom is 0.261 e. The Balaban J connectivity index is 1.63. The fraction of sp³-hybridized carbons (Fsp3) is 0.435. The van der Waals surface area contributed by atoms with E-state index in [4.69, 9.17) is 4.74 Å². The van der Waals surface area contributed by atoms with Gasteiger partial charge in [0.1, 0.15) is 5.75 Å². The van der Waals surface area contributed by atoms with Gasteiger partial charge in [-0.3, -0.25) is 9.52 Å². The molecule has 2 aromatic carbocycles. The highest BCUT2D eigenvalue weighted by Crippen LogP contribution is 2.25. The largest absolute Gasteiger partial charge is 0.481 e. The van der Waals surface area contributed by atoms with Gasteiger partial charge in [0.15, 0.2) is 6.10 Å². The molecule has 2 aromatic rings. The first kappa shape index (κ1) is 22.2. The quantitative estimate of drug-likeness (QED) is 0.685. The average molecular weight is 431 g/mol. The molecule has 2 N–H and O–H groups in total. The molecular weight excluding hydrogens is 400 g/mol. The van der Waals surface area contributed by atoms with Gasteiger partial charge in [0, 0.05) is 6.04 Å². The molecule has 0 bridgehead atoms. The molecule has 1 saturated carbocycles. The number of benzene rings is 2. The number of nitrogens with one attached hydrogen (secondary N) is 2. The molecule has 0 spiro atoms. The second-order valence-electron chi connectivity index (χ2n) is 7.95. The molecule has 0 saturated heterocycles. The number of carbonyl (C=O) groups excluding carboxylic acids is 1. The van der Waals surface area contributed by atoms with Gasteiger partial charge in [-0.15, -0.1) is 0 Å². The second kappa shape index (κ2) is 9.51. The van der Waals surface area contributed by atoms with Crippen molar-refractivity contribution >= 4 is 21.6 Å². The number of hydrogen-bond donors (Lipinski definition) is 2. The summed E-state index contributed by atoms with van der Waals surface area (Å²) in [6.07, 6.45) is 4.89. The second-order valence-corrected chi connectivity index (χ2v) is 9.63. The highest BCUT2D eigenvalue weighted by molar-refractivity contribution is 7.92. The molecule has 0 aliphatic heterocycles. The van der Waals surface area contributed by atoms with E-state index in [1.165, 1.54) is 18.6 Å². The van der Waals surface area contributed by atoms with Crippen LogP contribution in [0.4, 0.5) is 5.69 Å². The Bertz CT molecular complexity index is 961. The zero-order valence-corrected chi connectivity index (χ0v) is 18.6. The molecule has 1 fully saturated rings. The van der Waals surface area contributed by atoms with Gasteiger partial charge in [0.2, 0.25) is 0 Å². The lowest BCUT2D eigenvalue weighted by Crippen LogP contribution is -2.43. The average Bonchev–Trinajstić information content (AvgIpc) is 2.72. The van der Waals surface area contributed by atoms with Gasteiger partial charge in [-0.25, -0.2) is 8.42 Å². The topological polar surface area (TPSA) is 84.5 Å². The van der Waals surface area contributed by atoms with E-state index in [0.29, 0.717) is 11.4 Å². The van der Waals surface area contributed by atoms with Crippen molar-refractivity contribution in [2.75, 3.05) is 4.72 Å². The van der Waals surface area contributed by atoms with Crippen LogP contribution >= 0.6 is 0 Å². The molecule has 1 aliphatic rings. The van der Waals surface area contributed by atoms with Crippen molar-refractivity contribution in [3.63, 3.8) is 0 Å². The third kappa shape index (κ3) is 5.53. The van der Waals surface area contributed by atoms with E-state index in [-0.39, 0.29) is 16.8 Å². The normalized spacial score (nSPS) is 16.0. The minimum absolute atomic E-state index is 0.136. The predicted molar refractivity (Wildman–Crippen MR) is 118 cm³/mol. The minimum atomic E-state index is -3.72. The maximum absolute atomic E-state index is 12.8. The zero-order valence-electron chi connectivity index (χ0n) is 17.8. The summed E-state index contributed by atoms with van der Waals surface area (Å²) >= 11 is 0.